The molecule has 8 heteroatoms. The highest BCUT2D eigenvalue weighted by atomic mass is 19.1. The number of carbonyl (C=O) groups is 1. The van der Waals surface area contributed by atoms with Gasteiger partial charge in [0.05, 0.1) is 11.2 Å². The fraction of sp³-hybridized carbons (Fsp3) is 0.333. The number of fused-ring (bicyclic) bond motifs is 1. The van der Waals surface area contributed by atoms with Gasteiger partial charge in [-0.3, -0.25) is 0 Å². The molecule has 2 aromatic carbocycles. The van der Waals surface area contributed by atoms with E-state index in [-0.39, 0.29) is 18.3 Å². The van der Waals surface area contributed by atoms with Crippen molar-refractivity contribution in [2.45, 2.75) is 32.1 Å². The highest BCUT2D eigenvalue weighted by Crippen LogP contribution is 2.45. The number of halogens is 2. The number of rotatable bonds is 7. The molecule has 0 radical (unpaired) electrons. The first-order chi connectivity index (χ1) is 16.8. The van der Waals surface area contributed by atoms with Crippen molar-refractivity contribution in [3.05, 3.63) is 83.4 Å². The number of nitrogens with one attached hydrogen (secondary N) is 2. The second-order valence-corrected chi connectivity index (χ2v) is 9.58. The number of alkyl carbamates (subject to hydrolysis) is 1. The number of carbonyl (C=O) groups excluding carboxylic acids is 1. The van der Waals surface area contributed by atoms with Gasteiger partial charge in [-0.2, -0.15) is 0 Å². The summed E-state index contributed by atoms with van der Waals surface area (Å²) in [5.41, 5.74) is 1.09. The molecule has 2 heterocycles. The van der Waals surface area contributed by atoms with Crippen molar-refractivity contribution in [1.82, 2.24) is 15.6 Å². The molecule has 3 atom stereocenters. The molecule has 2 aliphatic rings. The Morgan fingerprint density at radius 3 is 2.54 bits per heavy atom. The molecule has 182 valence electrons. The average molecular weight is 480 g/mol. The molecule has 2 N–H and O–H groups in total. The first-order valence-corrected chi connectivity index (χ1v) is 11.6. The summed E-state index contributed by atoms with van der Waals surface area (Å²) in [6, 6.07) is 16.2. The first-order valence-electron chi connectivity index (χ1n) is 11.6. The average Bonchev–Trinajstić information content (AvgIpc) is 3.23. The van der Waals surface area contributed by atoms with E-state index in [9.17, 15) is 13.6 Å². The molecular formula is C27H27F2N3O3. The Morgan fingerprint density at radius 1 is 1.09 bits per heavy atom. The zero-order valence-corrected chi connectivity index (χ0v) is 19.6. The summed E-state index contributed by atoms with van der Waals surface area (Å²) in [5, 5.41) is 6.19. The van der Waals surface area contributed by atoms with Crippen LogP contribution >= 0.6 is 0 Å². The monoisotopic (exact) mass is 479 g/mol. The fourth-order valence-corrected chi connectivity index (χ4v) is 4.52. The molecule has 1 amide bonds. The van der Waals surface area contributed by atoms with E-state index in [1.165, 1.54) is 12.1 Å². The van der Waals surface area contributed by atoms with E-state index in [0.717, 1.165) is 24.7 Å². The van der Waals surface area contributed by atoms with Crippen LogP contribution in [-0.2, 0) is 16.9 Å². The number of piperidine rings is 1. The van der Waals surface area contributed by atoms with Crippen molar-refractivity contribution in [3.8, 4) is 17.1 Å². The van der Waals surface area contributed by atoms with Crippen molar-refractivity contribution in [1.29, 1.82) is 0 Å². The normalized spacial score (nSPS) is 20.7. The molecule has 6 nitrogen and oxygen atoms in total. The molecule has 1 aliphatic carbocycles. The molecule has 5 rings (SSSR count). The molecule has 0 unspecified atom stereocenters. The van der Waals surface area contributed by atoms with E-state index in [1.807, 2.05) is 44.2 Å². The highest BCUT2D eigenvalue weighted by molar-refractivity contribution is 5.69. The molecule has 0 spiro atoms. The minimum Gasteiger partial charge on any atom is -0.474 e. The molecule has 1 saturated carbocycles. The molecular weight excluding hydrogens is 452 g/mol. The Bertz CT molecular complexity index is 1230. The van der Waals surface area contributed by atoms with E-state index in [4.69, 9.17) is 9.47 Å². The van der Waals surface area contributed by atoms with Crippen LogP contribution in [0, 0.1) is 23.5 Å². The topological polar surface area (TPSA) is 72.5 Å². The Balaban J connectivity index is 1.39. The summed E-state index contributed by atoms with van der Waals surface area (Å²) in [4.78, 5) is 17.1. The van der Waals surface area contributed by atoms with Crippen molar-refractivity contribution in [3.63, 3.8) is 0 Å². The molecule has 0 bridgehead atoms. The molecule has 2 fully saturated rings. The van der Waals surface area contributed by atoms with Crippen molar-refractivity contribution < 1.29 is 23.0 Å². The summed E-state index contributed by atoms with van der Waals surface area (Å²) >= 11 is 0. The second-order valence-electron chi connectivity index (χ2n) is 9.58. The summed E-state index contributed by atoms with van der Waals surface area (Å²) < 4.78 is 39.7. The largest absolute Gasteiger partial charge is 0.474 e. The van der Waals surface area contributed by atoms with Crippen molar-refractivity contribution in [2.75, 3.05) is 13.1 Å². The Morgan fingerprint density at radius 2 is 1.83 bits per heavy atom. The summed E-state index contributed by atoms with van der Waals surface area (Å²) in [6.45, 7) is 5.56. The minimum absolute atomic E-state index is 0.0526. The van der Waals surface area contributed by atoms with Crippen LogP contribution in [0.1, 0.15) is 25.0 Å². The van der Waals surface area contributed by atoms with Crippen LogP contribution in [0.5, 0.6) is 5.88 Å². The van der Waals surface area contributed by atoms with Crippen LogP contribution in [0.4, 0.5) is 13.6 Å². The maximum absolute atomic E-state index is 14.6. The Kier molecular flexibility index (Phi) is 6.15. The van der Waals surface area contributed by atoms with Crippen LogP contribution in [0.2, 0.25) is 0 Å². The summed E-state index contributed by atoms with van der Waals surface area (Å²) in [7, 11) is 0. The van der Waals surface area contributed by atoms with E-state index in [1.54, 1.807) is 12.1 Å². The molecule has 3 aromatic rings. The smallest absolute Gasteiger partial charge is 0.408 e. The Labute approximate surface area is 202 Å². The molecule has 1 aromatic heterocycles. The van der Waals surface area contributed by atoms with Gasteiger partial charge in [0, 0.05) is 42.6 Å². The number of hydrogen-bond acceptors (Lipinski definition) is 5. The third kappa shape index (κ3) is 5.12. The van der Waals surface area contributed by atoms with Gasteiger partial charge in [-0.1, -0.05) is 30.3 Å². The van der Waals surface area contributed by atoms with Crippen molar-refractivity contribution >= 4 is 6.09 Å². The quantitative estimate of drug-likeness (QED) is 0.510. The number of aromatic nitrogens is 1. The zero-order chi connectivity index (χ0) is 24.6. The third-order valence-electron chi connectivity index (χ3n) is 6.63. The molecule has 1 aliphatic heterocycles. The van der Waals surface area contributed by atoms with Gasteiger partial charge in [-0.15, -0.1) is 0 Å². The van der Waals surface area contributed by atoms with Gasteiger partial charge in [0.25, 0.3) is 0 Å². The van der Waals surface area contributed by atoms with Gasteiger partial charge < -0.3 is 20.1 Å². The van der Waals surface area contributed by atoms with Gasteiger partial charge in [0.15, 0.2) is 0 Å². The predicted octanol–water partition coefficient (Wildman–Crippen LogP) is 4.78. The number of benzene rings is 2. The number of nitrogens with zero attached hydrogens (tertiary/aromatic N) is 1. The lowest BCUT2D eigenvalue weighted by molar-refractivity contribution is 0.129. The van der Waals surface area contributed by atoms with Crippen molar-refractivity contribution in [2.24, 2.45) is 11.8 Å². The first kappa shape index (κ1) is 23.2. The predicted molar refractivity (Wildman–Crippen MR) is 127 cm³/mol. The van der Waals surface area contributed by atoms with Gasteiger partial charge in [0.1, 0.15) is 24.3 Å². The van der Waals surface area contributed by atoms with E-state index in [2.05, 4.69) is 15.6 Å². The highest BCUT2D eigenvalue weighted by Gasteiger charge is 2.55. The number of hydrogen-bond donors (Lipinski definition) is 2. The van der Waals surface area contributed by atoms with Gasteiger partial charge in [-0.05, 0) is 43.2 Å². The van der Waals surface area contributed by atoms with E-state index in [0.29, 0.717) is 29.0 Å². The lowest BCUT2D eigenvalue weighted by Crippen LogP contribution is -2.41. The van der Waals surface area contributed by atoms with Crippen LogP contribution in [-0.4, -0.2) is 30.3 Å². The van der Waals surface area contributed by atoms with Crippen LogP contribution < -0.4 is 15.4 Å². The van der Waals surface area contributed by atoms with Crippen LogP contribution in [0.3, 0.4) is 0 Å². The number of amides is 1. The summed E-state index contributed by atoms with van der Waals surface area (Å²) in [5.74, 6) is -0.175. The SMILES string of the molecule is CC(C)(NC(=O)OCc1ccccc1)c1cc(O[C@H]2[C@@H]3CNC[C@@H]32)nc(-c2ccc(F)cc2F)c1. The number of ether oxygens (including phenoxy) is 2. The lowest BCUT2D eigenvalue weighted by atomic mass is 9.93. The van der Waals surface area contributed by atoms with Gasteiger partial charge in [-0.25, -0.2) is 18.6 Å². The maximum atomic E-state index is 14.6. The van der Waals surface area contributed by atoms with E-state index < -0.39 is 23.3 Å². The Hall–Kier alpha value is -3.52. The van der Waals surface area contributed by atoms with Gasteiger partial charge >= 0.3 is 6.09 Å². The molecule has 1 saturated heterocycles. The van der Waals surface area contributed by atoms with Crippen LogP contribution in [0.15, 0.2) is 60.7 Å². The standard InChI is InChI=1S/C27H27F2N3O3/c1-27(2,32-26(33)34-15-16-6-4-3-5-7-16)17-10-23(19-9-8-18(28)12-22(19)29)31-24(11-17)35-25-20-13-30-14-21(20)25/h3-12,20-21,25,30H,13-15H2,1-2H3,(H,32,33)/t20-,21+,25+. The minimum atomic E-state index is -0.888. The maximum Gasteiger partial charge on any atom is 0.408 e. The lowest BCUT2D eigenvalue weighted by Gasteiger charge is -2.27. The zero-order valence-electron chi connectivity index (χ0n) is 19.6. The summed E-state index contributed by atoms with van der Waals surface area (Å²) in [6.07, 6.45) is -0.535. The number of pyridine rings is 1. The molecule has 35 heavy (non-hydrogen) atoms. The third-order valence-corrected chi connectivity index (χ3v) is 6.63. The second kappa shape index (κ2) is 9.26. The van der Waals surface area contributed by atoms with E-state index >= 15 is 0 Å². The van der Waals surface area contributed by atoms with Gasteiger partial charge in [0.2, 0.25) is 5.88 Å². The van der Waals surface area contributed by atoms with Crippen LogP contribution in [0.25, 0.3) is 11.3 Å². The fourth-order valence-electron chi connectivity index (χ4n) is 4.52.